The van der Waals surface area contributed by atoms with Crippen LogP contribution in [0.25, 0.3) is 5.82 Å². The van der Waals surface area contributed by atoms with E-state index in [2.05, 4.69) is 20.0 Å². The van der Waals surface area contributed by atoms with Crippen molar-refractivity contribution in [1.82, 2.24) is 20.1 Å². The maximum Gasteiger partial charge on any atom is 0.307 e. The normalized spacial score (nSPS) is 9.80. The van der Waals surface area contributed by atoms with Crippen molar-refractivity contribution in [2.24, 2.45) is 0 Å². The van der Waals surface area contributed by atoms with E-state index in [1.165, 1.54) is 0 Å². The molecule has 0 fully saturated rings. The Hall–Kier alpha value is -2.76. The minimum absolute atomic E-state index is 0.0191. The Bertz CT molecular complexity index is 549. The predicted octanol–water partition coefficient (Wildman–Crippen LogP) is 0.0352. The van der Waals surface area contributed by atoms with E-state index in [1.807, 2.05) is 0 Å². The second-order valence-corrected chi connectivity index (χ2v) is 2.45. The molecule has 2 rings (SSSR count). The van der Waals surface area contributed by atoms with Crippen molar-refractivity contribution < 1.29 is 9.55 Å². The molecule has 74 valence electrons. The standard InChI is InChI=1S/C6H2N6O3/c7-1-5-6(10-15-9-5)11-3-4(2-8-11)12(13)14/h2-3H. The fourth-order valence-electron chi connectivity index (χ4n) is 0.928. The zero-order valence-electron chi connectivity index (χ0n) is 7.06. The van der Waals surface area contributed by atoms with Crippen molar-refractivity contribution in [2.45, 2.75) is 0 Å². The van der Waals surface area contributed by atoms with Crippen LogP contribution in [0.2, 0.25) is 0 Å². The average Bonchev–Trinajstić information content (AvgIpc) is 2.85. The second-order valence-electron chi connectivity index (χ2n) is 2.45. The first-order valence-electron chi connectivity index (χ1n) is 3.64. The van der Waals surface area contributed by atoms with Crippen LogP contribution < -0.4 is 0 Å². The quantitative estimate of drug-likeness (QED) is 0.501. The fourth-order valence-corrected chi connectivity index (χ4v) is 0.928. The maximum atomic E-state index is 10.4. The summed E-state index contributed by atoms with van der Waals surface area (Å²) in [4.78, 5) is 9.76. The van der Waals surface area contributed by atoms with Crippen LogP contribution in [0.1, 0.15) is 5.69 Å². The minimum Gasteiger partial charge on any atom is -0.258 e. The highest BCUT2D eigenvalue weighted by atomic mass is 16.6. The summed E-state index contributed by atoms with van der Waals surface area (Å²) in [5, 5.41) is 29.3. The molecule has 0 aromatic carbocycles. The molecule has 2 aromatic heterocycles. The van der Waals surface area contributed by atoms with Gasteiger partial charge in [-0.2, -0.15) is 10.4 Å². The number of nitrogens with zero attached hydrogens (tertiary/aromatic N) is 6. The topological polar surface area (TPSA) is 124 Å². The summed E-state index contributed by atoms with van der Waals surface area (Å²) < 4.78 is 5.36. The molecule has 0 atom stereocenters. The van der Waals surface area contributed by atoms with Gasteiger partial charge in [-0.3, -0.25) is 10.1 Å². The summed E-state index contributed by atoms with van der Waals surface area (Å²) in [6.07, 6.45) is 2.15. The fraction of sp³-hybridized carbons (Fsp3) is 0. The van der Waals surface area contributed by atoms with Gasteiger partial charge in [-0.1, -0.05) is 0 Å². The zero-order chi connectivity index (χ0) is 10.8. The van der Waals surface area contributed by atoms with E-state index < -0.39 is 4.92 Å². The highest BCUT2D eigenvalue weighted by molar-refractivity contribution is 5.37. The number of hydrogen-bond donors (Lipinski definition) is 0. The van der Waals surface area contributed by atoms with Gasteiger partial charge in [0.15, 0.2) is 0 Å². The molecule has 2 heterocycles. The first kappa shape index (κ1) is 8.82. The molecule has 0 aliphatic heterocycles. The van der Waals surface area contributed by atoms with Gasteiger partial charge in [0.25, 0.3) is 0 Å². The van der Waals surface area contributed by atoms with E-state index in [0.29, 0.717) is 0 Å². The lowest BCUT2D eigenvalue weighted by Crippen LogP contribution is -1.97. The van der Waals surface area contributed by atoms with E-state index in [-0.39, 0.29) is 17.2 Å². The lowest BCUT2D eigenvalue weighted by molar-refractivity contribution is -0.384. The van der Waals surface area contributed by atoms with Gasteiger partial charge < -0.3 is 0 Å². The summed E-state index contributed by atoms with van der Waals surface area (Å²) >= 11 is 0. The van der Waals surface area contributed by atoms with Crippen LogP contribution in [-0.2, 0) is 0 Å². The van der Waals surface area contributed by atoms with Crippen molar-refractivity contribution >= 4 is 5.69 Å². The van der Waals surface area contributed by atoms with E-state index in [4.69, 9.17) is 5.26 Å². The van der Waals surface area contributed by atoms with E-state index in [1.54, 1.807) is 6.07 Å². The molecule has 0 radical (unpaired) electrons. The van der Waals surface area contributed by atoms with Gasteiger partial charge in [0.1, 0.15) is 18.5 Å². The summed E-state index contributed by atoms with van der Waals surface area (Å²) in [5.41, 5.74) is -0.296. The van der Waals surface area contributed by atoms with Crippen LogP contribution in [0.3, 0.4) is 0 Å². The highest BCUT2D eigenvalue weighted by Gasteiger charge is 2.16. The molecule has 0 amide bonds. The Morgan fingerprint density at radius 3 is 3.00 bits per heavy atom. The van der Waals surface area contributed by atoms with Crippen molar-refractivity contribution in [3.63, 3.8) is 0 Å². The molecule has 0 N–H and O–H groups in total. The molecule has 2 aromatic rings. The van der Waals surface area contributed by atoms with E-state index in [0.717, 1.165) is 17.1 Å². The number of nitro groups is 1. The highest BCUT2D eigenvalue weighted by Crippen LogP contribution is 2.13. The Kier molecular flexibility index (Phi) is 1.87. The van der Waals surface area contributed by atoms with Crippen LogP contribution in [-0.4, -0.2) is 25.0 Å². The Morgan fingerprint density at radius 2 is 2.40 bits per heavy atom. The summed E-state index contributed by atoms with van der Waals surface area (Å²) in [5.74, 6) is 0.0191. The Morgan fingerprint density at radius 1 is 1.60 bits per heavy atom. The molecule has 9 nitrogen and oxygen atoms in total. The molecule has 0 aliphatic rings. The molecule has 15 heavy (non-hydrogen) atoms. The molecule has 0 saturated carbocycles. The molecule has 0 aliphatic carbocycles. The molecular weight excluding hydrogens is 204 g/mol. The van der Waals surface area contributed by atoms with Gasteiger partial charge in [0.2, 0.25) is 11.5 Å². The van der Waals surface area contributed by atoms with Gasteiger partial charge >= 0.3 is 5.69 Å². The van der Waals surface area contributed by atoms with Crippen molar-refractivity contribution in [3.8, 4) is 11.9 Å². The number of rotatable bonds is 2. The number of nitriles is 1. The average molecular weight is 206 g/mol. The predicted molar refractivity (Wildman–Crippen MR) is 42.8 cm³/mol. The molecule has 0 unspecified atom stereocenters. The molecule has 0 spiro atoms. The van der Waals surface area contributed by atoms with Crippen molar-refractivity contribution in [3.05, 3.63) is 28.2 Å². The van der Waals surface area contributed by atoms with E-state index >= 15 is 0 Å². The molecule has 0 bridgehead atoms. The molecule has 0 saturated heterocycles. The largest absolute Gasteiger partial charge is 0.307 e. The third-order valence-electron chi connectivity index (χ3n) is 1.57. The van der Waals surface area contributed by atoms with Gasteiger partial charge in [-0.05, 0) is 10.3 Å². The lowest BCUT2D eigenvalue weighted by atomic mass is 10.5. The van der Waals surface area contributed by atoms with Crippen molar-refractivity contribution in [1.29, 1.82) is 5.26 Å². The van der Waals surface area contributed by atoms with Crippen molar-refractivity contribution in [2.75, 3.05) is 0 Å². The second kappa shape index (κ2) is 3.18. The maximum absolute atomic E-state index is 10.4. The third kappa shape index (κ3) is 1.39. The molecular formula is C6H2N6O3. The monoisotopic (exact) mass is 206 g/mol. The van der Waals surface area contributed by atoms with Gasteiger partial charge in [-0.25, -0.2) is 9.31 Å². The van der Waals surface area contributed by atoms with Gasteiger partial charge in [0, 0.05) is 0 Å². The lowest BCUT2D eigenvalue weighted by Gasteiger charge is -1.89. The van der Waals surface area contributed by atoms with Crippen LogP contribution >= 0.6 is 0 Å². The Balaban J connectivity index is 2.47. The first-order valence-corrected chi connectivity index (χ1v) is 3.64. The van der Waals surface area contributed by atoms with E-state index in [9.17, 15) is 10.1 Å². The number of hydrogen-bond acceptors (Lipinski definition) is 7. The summed E-state index contributed by atoms with van der Waals surface area (Å²) in [6.45, 7) is 0. The van der Waals surface area contributed by atoms with Gasteiger partial charge in [0.05, 0.1) is 4.92 Å². The van der Waals surface area contributed by atoms with Crippen LogP contribution in [0, 0.1) is 21.4 Å². The van der Waals surface area contributed by atoms with Crippen LogP contribution in [0.15, 0.2) is 17.0 Å². The van der Waals surface area contributed by atoms with Crippen LogP contribution in [0.5, 0.6) is 0 Å². The SMILES string of the molecule is N#Cc1nonc1-n1cc([N+](=O)[O-])cn1. The molecule has 9 heteroatoms. The smallest absolute Gasteiger partial charge is 0.258 e. The Labute approximate surface area is 81.6 Å². The van der Waals surface area contributed by atoms with Crippen LogP contribution in [0.4, 0.5) is 5.69 Å². The third-order valence-corrected chi connectivity index (χ3v) is 1.57. The zero-order valence-corrected chi connectivity index (χ0v) is 7.06. The minimum atomic E-state index is -0.608. The first-order chi connectivity index (χ1) is 7.22. The summed E-state index contributed by atoms with van der Waals surface area (Å²) in [7, 11) is 0. The van der Waals surface area contributed by atoms with Gasteiger partial charge in [-0.15, -0.1) is 0 Å². The number of aromatic nitrogens is 4. The summed E-state index contributed by atoms with van der Waals surface area (Å²) in [6, 6.07) is 1.71.